The molecule has 4 heteroatoms. The second kappa shape index (κ2) is 5.71. The van der Waals surface area contributed by atoms with Gasteiger partial charge in [-0.1, -0.05) is 32.0 Å². The fraction of sp³-hybridized carbons (Fsp3) is 0.250. The van der Waals surface area contributed by atoms with Crippen molar-refractivity contribution in [2.45, 2.75) is 20.3 Å². The Morgan fingerprint density at radius 1 is 1.08 bits per heavy atom. The van der Waals surface area contributed by atoms with Gasteiger partial charge in [0, 0.05) is 23.9 Å². The maximum atomic E-state index is 13.0. The van der Waals surface area contributed by atoms with Gasteiger partial charge in [0.15, 0.2) is 5.78 Å². The van der Waals surface area contributed by atoms with E-state index < -0.39 is 0 Å². The van der Waals surface area contributed by atoms with E-state index in [0.717, 1.165) is 34.6 Å². The molecular weight excluding hydrogens is 298 g/mol. The molecule has 2 heterocycles. The summed E-state index contributed by atoms with van der Waals surface area (Å²) in [7, 11) is 0. The average molecular weight is 317 g/mol. The van der Waals surface area contributed by atoms with Crippen LogP contribution in [0.5, 0.6) is 0 Å². The van der Waals surface area contributed by atoms with Crippen LogP contribution in [0.2, 0.25) is 0 Å². The highest BCUT2D eigenvalue weighted by molar-refractivity contribution is 6.05. The molecule has 0 radical (unpaired) electrons. The lowest BCUT2D eigenvalue weighted by Crippen LogP contribution is -2.27. The Balaban J connectivity index is 2.01. The quantitative estimate of drug-likeness (QED) is 0.719. The van der Waals surface area contributed by atoms with Crippen molar-refractivity contribution < 1.29 is 4.79 Å². The predicted octanol–water partition coefficient (Wildman–Crippen LogP) is 3.95. The van der Waals surface area contributed by atoms with Crippen LogP contribution in [0.25, 0.3) is 16.9 Å². The molecule has 0 amide bonds. The van der Waals surface area contributed by atoms with Gasteiger partial charge in [0.2, 0.25) is 0 Å². The van der Waals surface area contributed by atoms with Crippen LogP contribution >= 0.6 is 0 Å². The summed E-state index contributed by atoms with van der Waals surface area (Å²) in [5.74, 6) is 0.511. The Morgan fingerprint density at radius 2 is 1.88 bits per heavy atom. The number of hydrogen-bond donors (Lipinski definition) is 0. The number of nitrogens with zero attached hydrogens (tertiary/aromatic N) is 3. The molecule has 0 spiro atoms. The minimum absolute atomic E-state index is 0.0151. The summed E-state index contributed by atoms with van der Waals surface area (Å²) in [5.41, 5.74) is 4.39. The van der Waals surface area contributed by atoms with Gasteiger partial charge in [-0.25, -0.2) is 4.68 Å². The predicted molar refractivity (Wildman–Crippen MR) is 93.2 cm³/mol. The van der Waals surface area contributed by atoms with Gasteiger partial charge in [-0.05, 0) is 36.6 Å². The van der Waals surface area contributed by atoms with E-state index in [1.54, 1.807) is 12.4 Å². The Hall–Kier alpha value is -2.75. The number of fused-ring (bicyclic) bond motifs is 1. The van der Waals surface area contributed by atoms with Crippen LogP contribution < -0.4 is 0 Å². The van der Waals surface area contributed by atoms with E-state index in [1.807, 2.05) is 54.1 Å². The maximum absolute atomic E-state index is 13.0. The largest absolute Gasteiger partial charge is 0.294 e. The molecule has 2 atom stereocenters. The normalized spacial score (nSPS) is 20.0. The summed E-state index contributed by atoms with van der Waals surface area (Å²) >= 11 is 0. The number of para-hydroxylation sites is 1. The van der Waals surface area contributed by atoms with E-state index >= 15 is 0 Å². The molecule has 4 rings (SSSR count). The molecule has 0 bridgehead atoms. The Bertz CT molecular complexity index is 884. The molecule has 3 aromatic rings. The van der Waals surface area contributed by atoms with E-state index in [-0.39, 0.29) is 11.7 Å². The fourth-order valence-corrected chi connectivity index (χ4v) is 3.36. The zero-order chi connectivity index (χ0) is 16.7. The molecule has 24 heavy (non-hydrogen) atoms. The molecule has 4 nitrogen and oxygen atoms in total. The number of carbonyl (C=O) groups is 1. The third-order valence-electron chi connectivity index (χ3n) is 4.92. The van der Waals surface area contributed by atoms with Crippen molar-refractivity contribution in [2.75, 3.05) is 0 Å². The SMILES string of the molecule is C[C@@H]1Cc2nn(-c3ccccc3)c(-c3cccnc3)c2C(=O)[C@H]1C. The molecular formula is C20H19N3O. The first kappa shape index (κ1) is 14.8. The number of benzene rings is 1. The monoisotopic (exact) mass is 317 g/mol. The molecule has 0 saturated heterocycles. The van der Waals surface area contributed by atoms with Crippen molar-refractivity contribution in [3.05, 3.63) is 66.1 Å². The molecule has 0 aliphatic heterocycles. The van der Waals surface area contributed by atoms with Crippen molar-refractivity contribution in [1.82, 2.24) is 14.8 Å². The number of rotatable bonds is 2. The summed E-state index contributed by atoms with van der Waals surface area (Å²) < 4.78 is 1.89. The summed E-state index contributed by atoms with van der Waals surface area (Å²) in [5, 5.41) is 4.80. The van der Waals surface area contributed by atoms with Crippen molar-refractivity contribution in [3.8, 4) is 16.9 Å². The third kappa shape index (κ3) is 2.26. The van der Waals surface area contributed by atoms with E-state index in [9.17, 15) is 4.79 Å². The van der Waals surface area contributed by atoms with Crippen molar-refractivity contribution in [1.29, 1.82) is 0 Å². The lowest BCUT2D eigenvalue weighted by atomic mass is 9.78. The topological polar surface area (TPSA) is 47.8 Å². The summed E-state index contributed by atoms with van der Waals surface area (Å²) in [4.78, 5) is 17.2. The van der Waals surface area contributed by atoms with Gasteiger partial charge in [-0.15, -0.1) is 0 Å². The molecule has 0 fully saturated rings. The van der Waals surface area contributed by atoms with Crippen molar-refractivity contribution in [2.24, 2.45) is 11.8 Å². The molecule has 1 aromatic carbocycles. The lowest BCUT2D eigenvalue weighted by Gasteiger charge is -2.23. The Kier molecular flexibility index (Phi) is 3.53. The number of aromatic nitrogens is 3. The zero-order valence-electron chi connectivity index (χ0n) is 13.8. The first-order valence-electron chi connectivity index (χ1n) is 8.28. The maximum Gasteiger partial charge on any atom is 0.170 e. The molecule has 1 aliphatic rings. The van der Waals surface area contributed by atoms with Crippen LogP contribution in [-0.4, -0.2) is 20.5 Å². The second-order valence-corrected chi connectivity index (χ2v) is 6.49. The van der Waals surface area contributed by atoms with Gasteiger partial charge in [-0.3, -0.25) is 9.78 Å². The summed E-state index contributed by atoms with van der Waals surface area (Å²) in [6.45, 7) is 4.14. The molecule has 2 aromatic heterocycles. The minimum Gasteiger partial charge on any atom is -0.294 e. The Labute approximate surface area is 141 Å². The summed E-state index contributed by atoms with van der Waals surface area (Å²) in [6, 6.07) is 13.8. The van der Waals surface area contributed by atoms with E-state index in [0.29, 0.717) is 5.92 Å². The second-order valence-electron chi connectivity index (χ2n) is 6.49. The highest BCUT2D eigenvalue weighted by Crippen LogP contribution is 2.37. The smallest absolute Gasteiger partial charge is 0.170 e. The van der Waals surface area contributed by atoms with Crippen molar-refractivity contribution in [3.63, 3.8) is 0 Å². The van der Waals surface area contributed by atoms with Gasteiger partial charge >= 0.3 is 0 Å². The molecule has 0 N–H and O–H groups in total. The summed E-state index contributed by atoms with van der Waals surface area (Å²) in [6.07, 6.45) is 4.37. The van der Waals surface area contributed by atoms with Crippen LogP contribution in [0.4, 0.5) is 0 Å². The molecule has 0 unspecified atom stereocenters. The van der Waals surface area contributed by atoms with Gasteiger partial charge in [0.05, 0.1) is 22.6 Å². The highest BCUT2D eigenvalue weighted by atomic mass is 16.1. The van der Waals surface area contributed by atoms with E-state index in [1.165, 1.54) is 0 Å². The first-order chi connectivity index (χ1) is 11.7. The van der Waals surface area contributed by atoms with Gasteiger partial charge in [-0.2, -0.15) is 5.10 Å². The van der Waals surface area contributed by atoms with Gasteiger partial charge < -0.3 is 0 Å². The van der Waals surface area contributed by atoms with E-state index in [2.05, 4.69) is 11.9 Å². The highest BCUT2D eigenvalue weighted by Gasteiger charge is 2.36. The minimum atomic E-state index is 0.0151. The number of carbonyl (C=O) groups excluding carboxylic acids is 1. The number of pyridine rings is 1. The fourth-order valence-electron chi connectivity index (χ4n) is 3.36. The van der Waals surface area contributed by atoms with Gasteiger partial charge in [0.1, 0.15) is 0 Å². The molecule has 120 valence electrons. The number of Topliss-reactive ketones (excluding diaryl/α,β-unsaturated/α-hetero) is 1. The van der Waals surface area contributed by atoms with E-state index in [4.69, 9.17) is 5.10 Å². The van der Waals surface area contributed by atoms with Crippen LogP contribution in [0, 0.1) is 11.8 Å². The van der Waals surface area contributed by atoms with Crippen molar-refractivity contribution >= 4 is 5.78 Å². The molecule has 1 aliphatic carbocycles. The number of hydrogen-bond acceptors (Lipinski definition) is 3. The third-order valence-corrected chi connectivity index (χ3v) is 4.92. The zero-order valence-corrected chi connectivity index (χ0v) is 13.8. The number of ketones is 1. The van der Waals surface area contributed by atoms with Crippen LogP contribution in [-0.2, 0) is 6.42 Å². The van der Waals surface area contributed by atoms with Gasteiger partial charge in [0.25, 0.3) is 0 Å². The average Bonchev–Trinajstić information content (AvgIpc) is 3.00. The standard InChI is InChI=1S/C20H19N3O/c1-13-11-17-18(20(24)14(13)2)19(15-7-6-10-21-12-15)23(22-17)16-8-4-3-5-9-16/h3-10,12-14H,11H2,1-2H3/t13-,14+/m1/s1. The van der Waals surface area contributed by atoms with Crippen LogP contribution in [0.3, 0.4) is 0 Å². The van der Waals surface area contributed by atoms with Crippen LogP contribution in [0.15, 0.2) is 54.9 Å². The Morgan fingerprint density at radius 3 is 2.58 bits per heavy atom. The lowest BCUT2D eigenvalue weighted by molar-refractivity contribution is 0.0877. The first-order valence-corrected chi connectivity index (χ1v) is 8.28. The molecule has 0 saturated carbocycles. The van der Waals surface area contributed by atoms with Crippen LogP contribution in [0.1, 0.15) is 29.9 Å².